The molecular weight excluding hydrogens is 182 g/mol. The van der Waals surface area contributed by atoms with Crippen molar-refractivity contribution < 1.29 is 15.0 Å². The molecule has 0 spiro atoms. The molecule has 0 saturated carbocycles. The first-order chi connectivity index (χ1) is 6.54. The number of nitrogens with two attached hydrogens (primary N) is 1. The smallest absolute Gasteiger partial charge is 0.328 e. The van der Waals surface area contributed by atoms with Gasteiger partial charge in [0.15, 0.2) is 0 Å². The van der Waals surface area contributed by atoms with Crippen LogP contribution in [0.5, 0.6) is 5.75 Å². The zero-order valence-electron chi connectivity index (χ0n) is 7.53. The molecule has 74 valence electrons. The molecule has 0 aromatic heterocycles. The Balaban J connectivity index is 2.55. The third-order valence-electron chi connectivity index (χ3n) is 2.74. The molecule has 4 nitrogen and oxygen atoms in total. The standard InChI is InChI=1S/C10H11NO3/c11-10(9(13)14)4-3-6-5-7(12)1-2-8(6)10/h1-2,5,12H,3-4,11H2,(H,13,14). The predicted octanol–water partition coefficient (Wildman–Crippen LogP) is 0.577. The third kappa shape index (κ3) is 1.08. The van der Waals surface area contributed by atoms with Crippen molar-refractivity contribution in [1.82, 2.24) is 0 Å². The van der Waals surface area contributed by atoms with Gasteiger partial charge in [-0.15, -0.1) is 0 Å². The summed E-state index contributed by atoms with van der Waals surface area (Å²) >= 11 is 0. The van der Waals surface area contributed by atoms with Crippen molar-refractivity contribution in [1.29, 1.82) is 0 Å². The first-order valence-corrected chi connectivity index (χ1v) is 4.39. The van der Waals surface area contributed by atoms with Crippen molar-refractivity contribution in [3.63, 3.8) is 0 Å². The molecule has 4 heteroatoms. The van der Waals surface area contributed by atoms with Crippen LogP contribution < -0.4 is 5.73 Å². The Hall–Kier alpha value is -1.55. The molecule has 0 bridgehead atoms. The van der Waals surface area contributed by atoms with Crippen molar-refractivity contribution in [2.75, 3.05) is 0 Å². The van der Waals surface area contributed by atoms with Crippen LogP contribution in [0.1, 0.15) is 17.5 Å². The van der Waals surface area contributed by atoms with E-state index in [0.29, 0.717) is 18.4 Å². The fraction of sp³-hybridized carbons (Fsp3) is 0.300. The van der Waals surface area contributed by atoms with Crippen molar-refractivity contribution in [3.05, 3.63) is 29.3 Å². The number of benzene rings is 1. The van der Waals surface area contributed by atoms with Crippen molar-refractivity contribution in [2.45, 2.75) is 18.4 Å². The highest BCUT2D eigenvalue weighted by atomic mass is 16.4. The number of phenols is 1. The number of rotatable bonds is 1. The molecule has 0 radical (unpaired) electrons. The Morgan fingerprint density at radius 1 is 1.50 bits per heavy atom. The first-order valence-electron chi connectivity index (χ1n) is 4.39. The largest absolute Gasteiger partial charge is 0.508 e. The molecule has 0 saturated heterocycles. The average Bonchev–Trinajstić information content (AvgIpc) is 2.45. The monoisotopic (exact) mass is 193 g/mol. The fourth-order valence-electron chi connectivity index (χ4n) is 1.91. The molecule has 0 fully saturated rings. The van der Waals surface area contributed by atoms with Crippen LogP contribution in [0.3, 0.4) is 0 Å². The van der Waals surface area contributed by atoms with Crippen LogP contribution in [0.4, 0.5) is 0 Å². The Labute approximate surface area is 81.0 Å². The summed E-state index contributed by atoms with van der Waals surface area (Å²) in [7, 11) is 0. The number of aliphatic carboxylic acids is 1. The molecule has 1 atom stereocenters. The second kappa shape index (κ2) is 2.72. The summed E-state index contributed by atoms with van der Waals surface area (Å²) in [6.07, 6.45) is 0.994. The molecule has 1 aliphatic rings. The molecule has 1 aliphatic carbocycles. The summed E-state index contributed by atoms with van der Waals surface area (Å²) in [6.45, 7) is 0. The van der Waals surface area contributed by atoms with E-state index in [-0.39, 0.29) is 5.75 Å². The quantitative estimate of drug-likeness (QED) is 0.609. The second-order valence-electron chi connectivity index (χ2n) is 3.62. The molecule has 14 heavy (non-hydrogen) atoms. The Morgan fingerprint density at radius 2 is 2.21 bits per heavy atom. The predicted molar refractivity (Wildman–Crippen MR) is 49.9 cm³/mol. The van der Waals surface area contributed by atoms with Gasteiger partial charge >= 0.3 is 5.97 Å². The number of hydrogen-bond acceptors (Lipinski definition) is 3. The number of carboxylic acid groups (broad SMARTS) is 1. The highest BCUT2D eigenvalue weighted by Gasteiger charge is 2.41. The van der Waals surface area contributed by atoms with Crippen LogP contribution in [0.25, 0.3) is 0 Å². The van der Waals surface area contributed by atoms with Crippen molar-refractivity contribution in [3.8, 4) is 5.75 Å². The van der Waals surface area contributed by atoms with Gasteiger partial charge in [-0.1, -0.05) is 6.07 Å². The van der Waals surface area contributed by atoms with Gasteiger partial charge < -0.3 is 15.9 Å². The van der Waals surface area contributed by atoms with E-state index >= 15 is 0 Å². The van der Waals surface area contributed by atoms with Crippen LogP contribution in [-0.4, -0.2) is 16.2 Å². The minimum Gasteiger partial charge on any atom is -0.508 e. The number of hydrogen-bond donors (Lipinski definition) is 3. The minimum absolute atomic E-state index is 0.151. The fourth-order valence-corrected chi connectivity index (χ4v) is 1.91. The molecule has 4 N–H and O–H groups in total. The van der Waals surface area contributed by atoms with Crippen LogP contribution in [0.15, 0.2) is 18.2 Å². The van der Waals surface area contributed by atoms with E-state index in [1.807, 2.05) is 0 Å². The van der Waals surface area contributed by atoms with Gasteiger partial charge in [-0.05, 0) is 36.1 Å². The van der Waals surface area contributed by atoms with E-state index in [1.165, 1.54) is 6.07 Å². The maximum Gasteiger partial charge on any atom is 0.328 e. The summed E-state index contributed by atoms with van der Waals surface area (Å²) in [5, 5.41) is 18.2. The maximum absolute atomic E-state index is 11.0. The Kier molecular flexibility index (Phi) is 1.75. The third-order valence-corrected chi connectivity index (χ3v) is 2.74. The van der Waals surface area contributed by atoms with E-state index in [4.69, 9.17) is 10.8 Å². The number of aromatic hydroxyl groups is 1. The summed E-state index contributed by atoms with van der Waals surface area (Å²) in [5.74, 6) is -0.861. The molecule has 1 unspecified atom stereocenters. The van der Waals surface area contributed by atoms with Gasteiger partial charge in [-0.3, -0.25) is 0 Å². The van der Waals surface area contributed by atoms with E-state index in [2.05, 4.69) is 0 Å². The lowest BCUT2D eigenvalue weighted by Gasteiger charge is -2.19. The summed E-state index contributed by atoms with van der Waals surface area (Å²) in [6, 6.07) is 4.63. The van der Waals surface area contributed by atoms with Crippen LogP contribution in [-0.2, 0) is 16.8 Å². The normalized spacial score (nSPS) is 24.6. The lowest BCUT2D eigenvalue weighted by molar-refractivity contribution is -0.143. The summed E-state index contributed by atoms with van der Waals surface area (Å²) in [5.41, 5.74) is 5.95. The maximum atomic E-state index is 11.0. The summed E-state index contributed by atoms with van der Waals surface area (Å²) < 4.78 is 0. The molecular formula is C10H11NO3. The van der Waals surface area contributed by atoms with Gasteiger partial charge in [0, 0.05) is 0 Å². The lowest BCUT2D eigenvalue weighted by Crippen LogP contribution is -2.42. The number of carbonyl (C=O) groups is 1. The van der Waals surface area contributed by atoms with E-state index < -0.39 is 11.5 Å². The molecule has 0 amide bonds. The number of fused-ring (bicyclic) bond motifs is 1. The van der Waals surface area contributed by atoms with Crippen LogP contribution in [0.2, 0.25) is 0 Å². The molecule has 2 rings (SSSR count). The topological polar surface area (TPSA) is 83.6 Å². The summed E-state index contributed by atoms with van der Waals surface area (Å²) in [4.78, 5) is 11.0. The van der Waals surface area contributed by atoms with Crippen LogP contribution in [0, 0.1) is 0 Å². The van der Waals surface area contributed by atoms with E-state index in [1.54, 1.807) is 12.1 Å². The zero-order chi connectivity index (χ0) is 10.3. The van der Waals surface area contributed by atoms with Gasteiger partial charge in [0.25, 0.3) is 0 Å². The van der Waals surface area contributed by atoms with Crippen molar-refractivity contribution in [2.24, 2.45) is 5.73 Å². The molecule has 0 heterocycles. The van der Waals surface area contributed by atoms with Gasteiger partial charge in [0.2, 0.25) is 0 Å². The zero-order valence-corrected chi connectivity index (χ0v) is 7.53. The van der Waals surface area contributed by atoms with Gasteiger partial charge in [0.05, 0.1) is 0 Å². The highest BCUT2D eigenvalue weighted by molar-refractivity contribution is 5.82. The number of phenolic OH excluding ortho intramolecular Hbond substituents is 1. The Morgan fingerprint density at radius 3 is 2.86 bits per heavy atom. The SMILES string of the molecule is NC1(C(=O)O)CCc2cc(O)ccc21. The first kappa shape index (κ1) is 9.02. The van der Waals surface area contributed by atoms with Gasteiger partial charge in [-0.25, -0.2) is 4.79 Å². The average molecular weight is 193 g/mol. The van der Waals surface area contributed by atoms with E-state index in [9.17, 15) is 9.90 Å². The van der Waals surface area contributed by atoms with Gasteiger partial charge in [0.1, 0.15) is 11.3 Å². The highest BCUT2D eigenvalue weighted by Crippen LogP contribution is 2.36. The lowest BCUT2D eigenvalue weighted by atomic mass is 9.93. The minimum atomic E-state index is -1.27. The molecule has 1 aromatic rings. The molecule has 1 aromatic carbocycles. The number of carboxylic acids is 1. The van der Waals surface area contributed by atoms with Crippen LogP contribution >= 0.6 is 0 Å². The Bertz CT molecular complexity index is 402. The second-order valence-corrected chi connectivity index (χ2v) is 3.62. The van der Waals surface area contributed by atoms with Crippen molar-refractivity contribution >= 4 is 5.97 Å². The molecule has 0 aliphatic heterocycles. The van der Waals surface area contributed by atoms with Gasteiger partial charge in [-0.2, -0.15) is 0 Å². The van der Waals surface area contributed by atoms with E-state index in [0.717, 1.165) is 5.56 Å². The number of aryl methyl sites for hydroxylation is 1.